The predicted octanol–water partition coefficient (Wildman–Crippen LogP) is 3.85. The Morgan fingerprint density at radius 1 is 1.24 bits per heavy atom. The summed E-state index contributed by atoms with van der Waals surface area (Å²) in [5, 5.41) is 0.904. The summed E-state index contributed by atoms with van der Waals surface area (Å²) >= 11 is 0. The Morgan fingerprint density at radius 2 is 1.95 bits per heavy atom. The third-order valence-electron chi connectivity index (χ3n) is 3.77. The molecule has 0 aliphatic heterocycles. The van der Waals surface area contributed by atoms with Gasteiger partial charge in [0.2, 0.25) is 0 Å². The second-order valence-electron chi connectivity index (χ2n) is 5.17. The molecule has 0 saturated heterocycles. The van der Waals surface area contributed by atoms with E-state index in [1.165, 1.54) is 0 Å². The molecule has 1 aromatic carbocycles. The number of esters is 1. The normalized spacial score (nSPS) is 10.9. The van der Waals surface area contributed by atoms with Crippen molar-refractivity contribution in [2.24, 2.45) is 0 Å². The molecule has 0 unspecified atom stereocenters. The van der Waals surface area contributed by atoms with Crippen LogP contribution < -0.4 is 4.74 Å². The third-order valence-corrected chi connectivity index (χ3v) is 3.77. The number of nitrogens with zero attached hydrogens (tertiary/aromatic N) is 1. The molecule has 4 heteroatoms. The highest BCUT2D eigenvalue weighted by Gasteiger charge is 2.21. The minimum atomic E-state index is -0.263. The molecular weight excluding hydrogens is 266 g/mol. The zero-order chi connectivity index (χ0) is 15.6. The van der Waals surface area contributed by atoms with E-state index in [-0.39, 0.29) is 5.97 Å². The predicted molar refractivity (Wildman–Crippen MR) is 84.2 cm³/mol. The first kappa shape index (κ1) is 15.4. The summed E-state index contributed by atoms with van der Waals surface area (Å²) in [6.07, 6.45) is 1.01. The van der Waals surface area contributed by atoms with Crippen molar-refractivity contribution in [2.75, 3.05) is 13.7 Å². The smallest absolute Gasteiger partial charge is 0.340 e. The molecule has 21 heavy (non-hydrogen) atoms. The maximum absolute atomic E-state index is 12.3. The van der Waals surface area contributed by atoms with Crippen molar-refractivity contribution >= 4 is 16.9 Å². The first-order chi connectivity index (χ1) is 10.0. The van der Waals surface area contributed by atoms with Crippen LogP contribution in [0.4, 0.5) is 0 Å². The average Bonchev–Trinajstić information content (AvgIpc) is 2.71. The molecule has 1 aromatic heterocycles. The largest absolute Gasteiger partial charge is 0.496 e. The van der Waals surface area contributed by atoms with E-state index in [0.29, 0.717) is 12.2 Å². The number of aryl methyl sites for hydroxylation is 2. The van der Waals surface area contributed by atoms with Gasteiger partial charge in [-0.05, 0) is 44.9 Å². The van der Waals surface area contributed by atoms with Crippen molar-refractivity contribution in [3.05, 3.63) is 29.0 Å². The minimum Gasteiger partial charge on any atom is -0.496 e. The van der Waals surface area contributed by atoms with Crippen molar-refractivity contribution in [1.29, 1.82) is 0 Å². The average molecular weight is 289 g/mol. The lowest BCUT2D eigenvalue weighted by Gasteiger charge is -2.08. The number of benzene rings is 1. The summed E-state index contributed by atoms with van der Waals surface area (Å²) in [6, 6.07) is 4.02. The maximum atomic E-state index is 12.3. The summed E-state index contributed by atoms with van der Waals surface area (Å²) in [5.41, 5.74) is 3.74. The Labute approximate surface area is 125 Å². The van der Waals surface area contributed by atoms with Gasteiger partial charge in [0, 0.05) is 23.1 Å². The van der Waals surface area contributed by atoms with Gasteiger partial charge in [0.25, 0.3) is 0 Å². The van der Waals surface area contributed by atoms with Crippen LogP contribution >= 0.6 is 0 Å². The van der Waals surface area contributed by atoms with Crippen LogP contribution in [0.25, 0.3) is 10.9 Å². The zero-order valence-electron chi connectivity index (χ0n) is 13.4. The number of fused-ring (bicyclic) bond motifs is 1. The molecule has 0 spiro atoms. The molecule has 2 rings (SSSR count). The summed E-state index contributed by atoms with van der Waals surface area (Å²) in [7, 11) is 1.65. The van der Waals surface area contributed by atoms with Crippen LogP contribution in [0.1, 0.15) is 41.9 Å². The lowest BCUT2D eigenvalue weighted by molar-refractivity contribution is 0.0527. The fourth-order valence-electron chi connectivity index (χ4n) is 2.80. The van der Waals surface area contributed by atoms with Gasteiger partial charge in [-0.1, -0.05) is 6.92 Å². The fraction of sp³-hybridized carbons (Fsp3) is 0.471. The van der Waals surface area contributed by atoms with Crippen LogP contribution in [-0.2, 0) is 11.3 Å². The van der Waals surface area contributed by atoms with Gasteiger partial charge in [0.1, 0.15) is 5.75 Å². The van der Waals surface area contributed by atoms with E-state index >= 15 is 0 Å². The van der Waals surface area contributed by atoms with E-state index in [2.05, 4.69) is 17.6 Å². The molecule has 0 N–H and O–H groups in total. The molecule has 0 radical (unpaired) electrons. The van der Waals surface area contributed by atoms with Crippen LogP contribution in [0.3, 0.4) is 0 Å². The number of carbonyl (C=O) groups is 1. The van der Waals surface area contributed by atoms with Gasteiger partial charge in [-0.2, -0.15) is 0 Å². The Balaban J connectivity index is 2.76. The number of aromatic nitrogens is 1. The second kappa shape index (κ2) is 6.20. The standard InChI is InChI=1S/C17H23NO3/c1-6-8-18-12(4)16(17(19)21-7-2)13-10-15(20-5)11(3)9-14(13)18/h9-10H,6-8H2,1-5H3. The molecule has 0 aliphatic carbocycles. The monoisotopic (exact) mass is 289 g/mol. The van der Waals surface area contributed by atoms with E-state index in [0.717, 1.165) is 40.9 Å². The topological polar surface area (TPSA) is 40.5 Å². The van der Waals surface area contributed by atoms with Gasteiger partial charge in [-0.25, -0.2) is 4.79 Å². The van der Waals surface area contributed by atoms with Crippen LogP contribution in [-0.4, -0.2) is 24.3 Å². The number of carbonyl (C=O) groups excluding carboxylic acids is 1. The molecule has 0 bridgehead atoms. The molecule has 0 atom stereocenters. The first-order valence-electron chi connectivity index (χ1n) is 7.39. The number of ether oxygens (including phenoxy) is 2. The maximum Gasteiger partial charge on any atom is 0.340 e. The molecule has 2 aromatic rings. The summed E-state index contributed by atoms with van der Waals surface area (Å²) < 4.78 is 12.8. The second-order valence-corrected chi connectivity index (χ2v) is 5.17. The molecule has 114 valence electrons. The van der Waals surface area contributed by atoms with Crippen molar-refractivity contribution < 1.29 is 14.3 Å². The van der Waals surface area contributed by atoms with Crippen LogP contribution in [0.15, 0.2) is 12.1 Å². The Hall–Kier alpha value is -1.97. The fourth-order valence-corrected chi connectivity index (χ4v) is 2.80. The van der Waals surface area contributed by atoms with Crippen LogP contribution in [0.2, 0.25) is 0 Å². The van der Waals surface area contributed by atoms with E-state index in [4.69, 9.17) is 9.47 Å². The van der Waals surface area contributed by atoms with Crippen LogP contribution in [0.5, 0.6) is 5.75 Å². The van der Waals surface area contributed by atoms with Gasteiger partial charge in [-0.3, -0.25) is 0 Å². The lowest BCUT2D eigenvalue weighted by Crippen LogP contribution is -2.07. The molecule has 0 fully saturated rings. The molecule has 0 saturated carbocycles. The van der Waals surface area contributed by atoms with Crippen molar-refractivity contribution in [1.82, 2.24) is 4.57 Å². The highest BCUT2D eigenvalue weighted by Crippen LogP contribution is 2.32. The molecule has 0 aliphatic rings. The minimum absolute atomic E-state index is 0.263. The van der Waals surface area contributed by atoms with Gasteiger partial charge < -0.3 is 14.0 Å². The third kappa shape index (κ3) is 2.62. The lowest BCUT2D eigenvalue weighted by atomic mass is 10.1. The number of methoxy groups -OCH3 is 1. The molecule has 0 amide bonds. The Bertz CT molecular complexity index is 670. The van der Waals surface area contributed by atoms with E-state index < -0.39 is 0 Å². The first-order valence-corrected chi connectivity index (χ1v) is 7.39. The Kier molecular flexibility index (Phi) is 4.56. The van der Waals surface area contributed by atoms with Crippen molar-refractivity contribution in [2.45, 2.75) is 40.7 Å². The Morgan fingerprint density at radius 3 is 2.52 bits per heavy atom. The summed E-state index contributed by atoms with van der Waals surface area (Å²) in [5.74, 6) is 0.530. The summed E-state index contributed by atoms with van der Waals surface area (Å²) in [4.78, 5) is 12.3. The molecular formula is C17H23NO3. The van der Waals surface area contributed by atoms with Crippen molar-refractivity contribution in [3.63, 3.8) is 0 Å². The van der Waals surface area contributed by atoms with E-state index in [1.54, 1.807) is 7.11 Å². The van der Waals surface area contributed by atoms with Gasteiger partial charge in [0.05, 0.1) is 19.3 Å². The highest BCUT2D eigenvalue weighted by atomic mass is 16.5. The quantitative estimate of drug-likeness (QED) is 0.785. The molecule has 4 nitrogen and oxygen atoms in total. The van der Waals surface area contributed by atoms with E-state index in [9.17, 15) is 4.79 Å². The van der Waals surface area contributed by atoms with Crippen molar-refractivity contribution in [3.8, 4) is 5.75 Å². The highest BCUT2D eigenvalue weighted by molar-refractivity contribution is 6.06. The van der Waals surface area contributed by atoms with E-state index in [1.807, 2.05) is 26.8 Å². The number of hydrogen-bond donors (Lipinski definition) is 0. The summed E-state index contributed by atoms with van der Waals surface area (Å²) in [6.45, 7) is 9.20. The van der Waals surface area contributed by atoms with Crippen LogP contribution in [0, 0.1) is 13.8 Å². The van der Waals surface area contributed by atoms with Gasteiger partial charge in [0.15, 0.2) is 0 Å². The molecule has 1 heterocycles. The number of hydrogen-bond acceptors (Lipinski definition) is 3. The SMILES string of the molecule is CCCn1c(C)c(C(=O)OCC)c2cc(OC)c(C)cc21. The van der Waals surface area contributed by atoms with Gasteiger partial charge >= 0.3 is 5.97 Å². The van der Waals surface area contributed by atoms with Gasteiger partial charge in [-0.15, -0.1) is 0 Å². The zero-order valence-corrected chi connectivity index (χ0v) is 13.4. The number of rotatable bonds is 5.